The molecule has 0 saturated heterocycles. The van der Waals surface area contributed by atoms with Crippen LogP contribution in [0.2, 0.25) is 0 Å². The van der Waals surface area contributed by atoms with E-state index in [9.17, 15) is 9.59 Å². The molecule has 10 heteroatoms. The number of H-pyrrole nitrogens is 1. The number of rotatable bonds is 5. The molecule has 0 radical (unpaired) electrons. The molecule has 3 rings (SSSR count). The van der Waals surface area contributed by atoms with E-state index in [1.54, 1.807) is 18.2 Å². The lowest BCUT2D eigenvalue weighted by Crippen LogP contribution is -2.19. The summed E-state index contributed by atoms with van der Waals surface area (Å²) in [6.45, 7) is 0. The fraction of sp³-hybridized carbons (Fsp3) is 0.188. The summed E-state index contributed by atoms with van der Waals surface area (Å²) < 4.78 is 11.0. The second-order valence-electron chi connectivity index (χ2n) is 5.06. The molecular weight excluding hydrogens is 358 g/mol. The maximum absolute atomic E-state index is 12.0. The number of thioether (sulfide) groups is 1. The number of carbonyl (C=O) groups excluding carboxylic acids is 1. The highest BCUT2D eigenvalue weighted by Gasteiger charge is 2.13. The molecule has 0 fully saturated rings. The van der Waals surface area contributed by atoms with E-state index in [1.807, 2.05) is 6.07 Å². The lowest BCUT2D eigenvalue weighted by Gasteiger charge is -2.09. The van der Waals surface area contributed by atoms with Gasteiger partial charge in [-0.05, 0) is 12.1 Å². The third-order valence-electron chi connectivity index (χ3n) is 3.55. The highest BCUT2D eigenvalue weighted by molar-refractivity contribution is 7.98. The van der Waals surface area contributed by atoms with Crippen LogP contribution in [0, 0.1) is 11.3 Å². The van der Waals surface area contributed by atoms with Gasteiger partial charge in [0.05, 0.1) is 26.0 Å². The van der Waals surface area contributed by atoms with Crippen LogP contribution in [-0.4, -0.2) is 39.8 Å². The summed E-state index contributed by atoms with van der Waals surface area (Å²) in [4.78, 5) is 30.5. The molecule has 1 N–H and O–H groups in total. The molecule has 0 unspecified atom stereocenters. The van der Waals surface area contributed by atoms with Crippen LogP contribution in [0.4, 0.5) is 0 Å². The third-order valence-corrected chi connectivity index (χ3v) is 4.47. The summed E-state index contributed by atoms with van der Waals surface area (Å²) in [6, 6.07) is 6.91. The molecule has 0 spiro atoms. The van der Waals surface area contributed by atoms with E-state index in [-0.39, 0.29) is 11.2 Å². The van der Waals surface area contributed by atoms with Gasteiger partial charge in [0, 0.05) is 11.3 Å². The zero-order valence-electron chi connectivity index (χ0n) is 13.8. The maximum atomic E-state index is 12.0. The Morgan fingerprint density at radius 2 is 2.23 bits per heavy atom. The van der Waals surface area contributed by atoms with Crippen LogP contribution in [0.25, 0.3) is 5.65 Å². The largest absolute Gasteiger partial charge is 0.496 e. The molecule has 0 amide bonds. The van der Waals surface area contributed by atoms with Gasteiger partial charge in [-0.2, -0.15) is 14.9 Å². The maximum Gasteiger partial charge on any atom is 0.350 e. The van der Waals surface area contributed by atoms with Gasteiger partial charge in [0.15, 0.2) is 10.8 Å². The minimum atomic E-state index is -0.480. The van der Waals surface area contributed by atoms with Gasteiger partial charge >= 0.3 is 11.7 Å². The first-order valence-electron chi connectivity index (χ1n) is 7.33. The zero-order valence-corrected chi connectivity index (χ0v) is 14.7. The van der Waals surface area contributed by atoms with Crippen LogP contribution in [0.5, 0.6) is 5.75 Å². The van der Waals surface area contributed by atoms with Crippen LogP contribution in [0.3, 0.4) is 0 Å². The van der Waals surface area contributed by atoms with E-state index >= 15 is 0 Å². The van der Waals surface area contributed by atoms with E-state index in [2.05, 4.69) is 19.8 Å². The second-order valence-corrected chi connectivity index (χ2v) is 6.02. The highest BCUT2D eigenvalue weighted by atomic mass is 32.2. The molecule has 0 saturated carbocycles. The van der Waals surface area contributed by atoms with Crippen LogP contribution in [-0.2, 0) is 10.5 Å². The number of hydrogen-bond donors (Lipinski definition) is 1. The number of benzene rings is 1. The molecule has 2 aromatic heterocycles. The smallest absolute Gasteiger partial charge is 0.350 e. The van der Waals surface area contributed by atoms with E-state index in [4.69, 9.17) is 10.00 Å². The predicted octanol–water partition coefficient (Wildman–Crippen LogP) is 1.38. The Morgan fingerprint density at radius 3 is 2.92 bits per heavy atom. The van der Waals surface area contributed by atoms with E-state index in [1.165, 1.54) is 32.2 Å². The summed E-state index contributed by atoms with van der Waals surface area (Å²) in [5, 5.41) is 13.2. The van der Waals surface area contributed by atoms with Gasteiger partial charge in [-0.15, -0.1) is 0 Å². The Kier molecular flexibility index (Phi) is 4.90. The van der Waals surface area contributed by atoms with Crippen molar-refractivity contribution in [3.8, 4) is 11.8 Å². The third kappa shape index (κ3) is 3.25. The van der Waals surface area contributed by atoms with E-state index in [0.29, 0.717) is 22.2 Å². The van der Waals surface area contributed by atoms with Gasteiger partial charge in [0.25, 0.3) is 0 Å². The molecule has 0 aliphatic rings. The number of methoxy groups -OCH3 is 2. The number of hydrogen-bond acceptors (Lipinski definition) is 8. The normalized spacial score (nSPS) is 10.5. The zero-order chi connectivity index (χ0) is 18.7. The van der Waals surface area contributed by atoms with Crippen molar-refractivity contribution in [1.82, 2.24) is 19.6 Å². The lowest BCUT2D eigenvalue weighted by atomic mass is 10.1. The number of nitrogens with one attached hydrogen (secondary N) is 1. The van der Waals surface area contributed by atoms with Crippen molar-refractivity contribution in [2.24, 2.45) is 0 Å². The van der Waals surface area contributed by atoms with Crippen molar-refractivity contribution in [2.75, 3.05) is 14.2 Å². The molecule has 132 valence electrons. The van der Waals surface area contributed by atoms with Gasteiger partial charge in [-0.3, -0.25) is 4.98 Å². The number of ether oxygens (including phenoxy) is 2. The number of fused-ring (bicyclic) bond motifs is 1. The number of carbonyl (C=O) groups is 1. The average molecular weight is 371 g/mol. The molecule has 0 aliphatic heterocycles. The summed E-state index contributed by atoms with van der Waals surface area (Å²) in [5.74, 6) is 0.495. The van der Waals surface area contributed by atoms with Crippen molar-refractivity contribution in [3.63, 3.8) is 0 Å². The topological polar surface area (TPSA) is 122 Å². The fourth-order valence-electron chi connectivity index (χ4n) is 2.27. The minimum Gasteiger partial charge on any atom is -0.496 e. The van der Waals surface area contributed by atoms with Crippen LogP contribution >= 0.6 is 11.8 Å². The number of esters is 1. The lowest BCUT2D eigenvalue weighted by molar-refractivity contribution is 0.0600. The summed E-state index contributed by atoms with van der Waals surface area (Å²) >= 11 is 1.26. The van der Waals surface area contributed by atoms with Gasteiger partial charge in [0.2, 0.25) is 0 Å². The molecular formula is C16H13N5O4S. The van der Waals surface area contributed by atoms with E-state index in [0.717, 1.165) is 10.1 Å². The van der Waals surface area contributed by atoms with Crippen molar-refractivity contribution in [1.29, 1.82) is 5.26 Å². The molecule has 0 aliphatic carbocycles. The summed E-state index contributed by atoms with van der Waals surface area (Å²) in [6.07, 6.45) is 1.29. The number of aromatic amines is 1. The van der Waals surface area contributed by atoms with Crippen molar-refractivity contribution < 1.29 is 14.3 Å². The highest BCUT2D eigenvalue weighted by Crippen LogP contribution is 2.27. The average Bonchev–Trinajstić information content (AvgIpc) is 3.09. The summed E-state index contributed by atoms with van der Waals surface area (Å²) in [5.41, 5.74) is 1.13. The summed E-state index contributed by atoms with van der Waals surface area (Å²) in [7, 11) is 2.81. The van der Waals surface area contributed by atoms with E-state index < -0.39 is 11.7 Å². The molecule has 2 heterocycles. The van der Waals surface area contributed by atoms with Crippen LogP contribution in [0.15, 0.2) is 34.3 Å². The van der Waals surface area contributed by atoms with Crippen LogP contribution < -0.4 is 10.4 Å². The number of nitriles is 1. The van der Waals surface area contributed by atoms with Crippen molar-refractivity contribution in [3.05, 3.63) is 51.6 Å². The Morgan fingerprint density at radius 1 is 1.42 bits per heavy atom. The van der Waals surface area contributed by atoms with Crippen LogP contribution in [0.1, 0.15) is 21.5 Å². The fourth-order valence-corrected chi connectivity index (χ4v) is 3.11. The molecule has 0 bridgehead atoms. The monoisotopic (exact) mass is 371 g/mol. The van der Waals surface area contributed by atoms with Crippen molar-refractivity contribution >= 4 is 23.4 Å². The molecule has 26 heavy (non-hydrogen) atoms. The molecule has 1 aromatic carbocycles. The standard InChI is InChI=1S/C16H13N5O4S/c1-24-12-5-9(14(22)25-2)3-4-10(12)8-26-15-19-13-11(6-17)7-18-21(13)16(23)20-15/h3-5,7H,8H2,1-2H3,(H,19,20,23). The SMILES string of the molecule is COC(=O)c1ccc(CSc2nc3c(C#N)cnn3c(=O)[nH]2)c(OC)c1. The minimum absolute atomic E-state index is 0.201. The first kappa shape index (κ1) is 17.5. The number of aromatic nitrogens is 4. The number of nitrogens with zero attached hydrogens (tertiary/aromatic N) is 4. The van der Waals surface area contributed by atoms with Gasteiger partial charge in [-0.1, -0.05) is 17.8 Å². The van der Waals surface area contributed by atoms with Crippen molar-refractivity contribution in [2.45, 2.75) is 10.9 Å². The van der Waals surface area contributed by atoms with Gasteiger partial charge in [-0.25, -0.2) is 14.6 Å². The first-order chi connectivity index (χ1) is 12.6. The Bertz CT molecular complexity index is 1080. The molecule has 0 atom stereocenters. The molecule has 9 nitrogen and oxygen atoms in total. The van der Waals surface area contributed by atoms with Gasteiger partial charge in [0.1, 0.15) is 17.4 Å². The quantitative estimate of drug-likeness (QED) is 0.527. The Balaban J connectivity index is 1.87. The molecule has 3 aromatic rings. The van der Waals surface area contributed by atoms with Gasteiger partial charge < -0.3 is 9.47 Å². The first-order valence-corrected chi connectivity index (χ1v) is 8.32. The Labute approximate surface area is 151 Å². The predicted molar refractivity (Wildman–Crippen MR) is 92.2 cm³/mol. The Hall–Kier alpha value is -3.32. The second kappa shape index (κ2) is 7.28.